The molecular weight excluding hydrogens is 272 g/mol. The zero-order valence-electron chi connectivity index (χ0n) is 10.9. The fourth-order valence-corrected chi connectivity index (χ4v) is 2.19. The van der Waals surface area contributed by atoms with E-state index in [-0.39, 0.29) is 0 Å². The maximum atomic E-state index is 6.10. The summed E-state index contributed by atoms with van der Waals surface area (Å²) < 4.78 is 0. The molecule has 3 aromatic rings. The summed E-state index contributed by atoms with van der Waals surface area (Å²) in [4.78, 5) is 8.74. The summed E-state index contributed by atoms with van der Waals surface area (Å²) in [7, 11) is 0. The second-order valence-electron chi connectivity index (χ2n) is 4.49. The van der Waals surface area contributed by atoms with Crippen molar-refractivity contribution in [2.45, 2.75) is 6.92 Å². The first kappa shape index (κ1) is 12.7. The Morgan fingerprint density at radius 1 is 1.05 bits per heavy atom. The van der Waals surface area contributed by atoms with Crippen molar-refractivity contribution < 1.29 is 0 Å². The highest BCUT2D eigenvalue weighted by molar-refractivity contribution is 6.31. The van der Waals surface area contributed by atoms with Crippen LogP contribution < -0.4 is 11.1 Å². The minimum absolute atomic E-state index is 0.456. The van der Waals surface area contributed by atoms with Gasteiger partial charge in [0.1, 0.15) is 5.82 Å². The number of nitrogens with zero attached hydrogens (tertiary/aromatic N) is 2. The minimum atomic E-state index is 0.456. The Kier molecular flexibility index (Phi) is 3.16. The molecule has 0 spiro atoms. The van der Waals surface area contributed by atoms with Gasteiger partial charge in [0.25, 0.3) is 0 Å². The zero-order chi connectivity index (χ0) is 14.1. The van der Waals surface area contributed by atoms with E-state index >= 15 is 0 Å². The molecule has 20 heavy (non-hydrogen) atoms. The zero-order valence-corrected chi connectivity index (χ0v) is 11.6. The number of anilines is 3. The number of benzene rings is 2. The molecule has 0 saturated carbocycles. The van der Waals surface area contributed by atoms with E-state index in [2.05, 4.69) is 15.3 Å². The molecule has 4 nitrogen and oxygen atoms in total. The first-order valence-electron chi connectivity index (χ1n) is 6.19. The molecule has 3 rings (SSSR count). The van der Waals surface area contributed by atoms with Crippen LogP contribution in [0.2, 0.25) is 5.02 Å². The van der Waals surface area contributed by atoms with Gasteiger partial charge in [-0.05, 0) is 36.8 Å². The Labute approximate surface area is 121 Å². The van der Waals surface area contributed by atoms with E-state index in [1.807, 2.05) is 49.4 Å². The highest BCUT2D eigenvalue weighted by Crippen LogP contribution is 2.26. The molecule has 5 heteroatoms. The number of para-hydroxylation sites is 1. The van der Waals surface area contributed by atoms with Crippen molar-refractivity contribution in [2.75, 3.05) is 11.1 Å². The summed E-state index contributed by atoms with van der Waals surface area (Å²) in [5.41, 5.74) is 8.59. The maximum Gasteiger partial charge on any atom is 0.229 e. The summed E-state index contributed by atoms with van der Waals surface area (Å²) >= 11 is 6.10. The molecule has 0 fully saturated rings. The van der Waals surface area contributed by atoms with Crippen LogP contribution >= 0.6 is 11.6 Å². The van der Waals surface area contributed by atoms with Crippen LogP contribution in [0.3, 0.4) is 0 Å². The van der Waals surface area contributed by atoms with E-state index in [0.717, 1.165) is 22.2 Å². The third-order valence-electron chi connectivity index (χ3n) is 3.15. The summed E-state index contributed by atoms with van der Waals surface area (Å²) in [5, 5.41) is 4.71. The van der Waals surface area contributed by atoms with E-state index in [4.69, 9.17) is 17.3 Å². The molecular formula is C15H13ClN4. The van der Waals surface area contributed by atoms with Gasteiger partial charge >= 0.3 is 0 Å². The molecule has 0 aliphatic rings. The summed E-state index contributed by atoms with van der Waals surface area (Å²) in [6.07, 6.45) is 0. The Hall–Kier alpha value is -2.33. The van der Waals surface area contributed by atoms with Gasteiger partial charge in [0.2, 0.25) is 5.95 Å². The lowest BCUT2D eigenvalue weighted by Crippen LogP contribution is -2.02. The predicted molar refractivity (Wildman–Crippen MR) is 83.4 cm³/mol. The molecule has 1 heterocycles. The molecule has 0 amide bonds. The van der Waals surface area contributed by atoms with E-state index in [1.165, 1.54) is 0 Å². The highest BCUT2D eigenvalue weighted by Gasteiger charge is 2.07. The Bertz CT molecular complexity index is 786. The number of rotatable bonds is 2. The van der Waals surface area contributed by atoms with Crippen molar-refractivity contribution in [3.05, 3.63) is 53.1 Å². The van der Waals surface area contributed by atoms with Crippen molar-refractivity contribution in [3.8, 4) is 0 Å². The minimum Gasteiger partial charge on any atom is -0.383 e. The third kappa shape index (κ3) is 2.26. The second kappa shape index (κ2) is 4.98. The van der Waals surface area contributed by atoms with Crippen molar-refractivity contribution in [2.24, 2.45) is 0 Å². The summed E-state index contributed by atoms with van der Waals surface area (Å²) in [5.74, 6) is 0.921. The number of nitrogens with one attached hydrogen (secondary N) is 1. The van der Waals surface area contributed by atoms with E-state index in [1.54, 1.807) is 0 Å². The largest absolute Gasteiger partial charge is 0.383 e. The van der Waals surface area contributed by atoms with Gasteiger partial charge in [0.05, 0.1) is 5.52 Å². The number of hydrogen-bond donors (Lipinski definition) is 2. The van der Waals surface area contributed by atoms with Gasteiger partial charge in [-0.2, -0.15) is 4.98 Å². The molecule has 0 radical (unpaired) electrons. The quantitative estimate of drug-likeness (QED) is 0.749. The van der Waals surface area contributed by atoms with Crippen LogP contribution in [0.15, 0.2) is 42.5 Å². The van der Waals surface area contributed by atoms with Gasteiger partial charge in [0.15, 0.2) is 0 Å². The smallest absolute Gasteiger partial charge is 0.229 e. The Morgan fingerprint density at radius 2 is 1.85 bits per heavy atom. The van der Waals surface area contributed by atoms with Crippen LogP contribution in [0, 0.1) is 6.92 Å². The van der Waals surface area contributed by atoms with Gasteiger partial charge in [-0.15, -0.1) is 0 Å². The van der Waals surface area contributed by atoms with E-state index < -0.39 is 0 Å². The first-order chi connectivity index (χ1) is 9.65. The molecule has 0 unspecified atom stereocenters. The fourth-order valence-electron chi connectivity index (χ4n) is 2.02. The molecule has 1 aromatic heterocycles. The normalized spacial score (nSPS) is 10.7. The van der Waals surface area contributed by atoms with Crippen LogP contribution in [0.1, 0.15) is 5.56 Å². The van der Waals surface area contributed by atoms with Gasteiger partial charge in [0, 0.05) is 16.1 Å². The maximum absolute atomic E-state index is 6.10. The van der Waals surface area contributed by atoms with Gasteiger partial charge in [-0.25, -0.2) is 4.98 Å². The number of aromatic nitrogens is 2. The molecule has 100 valence electrons. The molecule has 0 aliphatic heterocycles. The summed E-state index contributed by atoms with van der Waals surface area (Å²) in [6, 6.07) is 13.3. The van der Waals surface area contributed by atoms with E-state index in [0.29, 0.717) is 16.8 Å². The monoisotopic (exact) mass is 284 g/mol. The SMILES string of the molecule is Cc1c(Cl)cccc1Nc1nc(N)c2ccccc2n1. The molecule has 0 atom stereocenters. The van der Waals surface area contributed by atoms with Crippen LogP contribution in [0.5, 0.6) is 0 Å². The number of nitrogen functional groups attached to an aromatic ring is 1. The number of nitrogens with two attached hydrogens (primary N) is 1. The molecule has 2 aromatic carbocycles. The highest BCUT2D eigenvalue weighted by atomic mass is 35.5. The van der Waals surface area contributed by atoms with Gasteiger partial charge in [-0.3, -0.25) is 0 Å². The summed E-state index contributed by atoms with van der Waals surface area (Å²) in [6.45, 7) is 1.94. The molecule has 3 N–H and O–H groups in total. The average Bonchev–Trinajstić information content (AvgIpc) is 2.44. The van der Waals surface area contributed by atoms with Crippen molar-refractivity contribution in [1.29, 1.82) is 0 Å². The van der Waals surface area contributed by atoms with Crippen LogP contribution in [0.25, 0.3) is 10.9 Å². The average molecular weight is 285 g/mol. The Morgan fingerprint density at radius 3 is 2.70 bits per heavy atom. The topological polar surface area (TPSA) is 63.8 Å². The van der Waals surface area contributed by atoms with Crippen LogP contribution in [0.4, 0.5) is 17.5 Å². The lowest BCUT2D eigenvalue weighted by atomic mass is 10.2. The Balaban J connectivity index is 2.05. The molecule has 0 saturated heterocycles. The van der Waals surface area contributed by atoms with Crippen LogP contribution in [-0.2, 0) is 0 Å². The van der Waals surface area contributed by atoms with Crippen molar-refractivity contribution in [1.82, 2.24) is 9.97 Å². The lowest BCUT2D eigenvalue weighted by Gasteiger charge is -2.10. The fraction of sp³-hybridized carbons (Fsp3) is 0.0667. The van der Waals surface area contributed by atoms with Crippen LogP contribution in [-0.4, -0.2) is 9.97 Å². The van der Waals surface area contributed by atoms with Crippen molar-refractivity contribution in [3.63, 3.8) is 0 Å². The molecule has 0 aliphatic carbocycles. The van der Waals surface area contributed by atoms with E-state index in [9.17, 15) is 0 Å². The number of hydrogen-bond acceptors (Lipinski definition) is 4. The lowest BCUT2D eigenvalue weighted by molar-refractivity contribution is 1.21. The number of fused-ring (bicyclic) bond motifs is 1. The standard InChI is InChI=1S/C15H13ClN4/c1-9-11(16)6-4-8-12(9)18-15-19-13-7-3-2-5-10(13)14(17)20-15/h2-8H,1H3,(H3,17,18,19,20). The van der Waals surface area contributed by atoms with Crippen molar-refractivity contribution >= 4 is 40.0 Å². The van der Waals surface area contributed by atoms with Gasteiger partial charge < -0.3 is 11.1 Å². The second-order valence-corrected chi connectivity index (χ2v) is 4.89. The third-order valence-corrected chi connectivity index (χ3v) is 3.56. The van der Waals surface area contributed by atoms with Gasteiger partial charge in [-0.1, -0.05) is 29.8 Å². The predicted octanol–water partition coefficient (Wildman–Crippen LogP) is 3.92. The molecule has 0 bridgehead atoms. The number of halogens is 1. The first-order valence-corrected chi connectivity index (χ1v) is 6.57.